The van der Waals surface area contributed by atoms with Gasteiger partial charge in [0.05, 0.1) is 11.3 Å². The summed E-state index contributed by atoms with van der Waals surface area (Å²) in [5, 5.41) is 5.52. The molecule has 8 heteroatoms. The van der Waals surface area contributed by atoms with Crippen molar-refractivity contribution in [3.8, 4) is 11.5 Å². The van der Waals surface area contributed by atoms with Gasteiger partial charge in [0.15, 0.2) is 11.5 Å². The molecule has 3 rings (SSSR count). The summed E-state index contributed by atoms with van der Waals surface area (Å²) >= 11 is 0. The second-order valence-corrected chi connectivity index (χ2v) is 6.27. The first kappa shape index (κ1) is 19.0. The molecule has 0 spiro atoms. The van der Waals surface area contributed by atoms with Gasteiger partial charge >= 0.3 is 6.18 Å². The Bertz CT molecular complexity index is 824. The minimum Gasteiger partial charge on any atom is -0.454 e. The zero-order chi connectivity index (χ0) is 19.4. The summed E-state index contributed by atoms with van der Waals surface area (Å²) in [4.78, 5) is 12.1. The Kier molecular flexibility index (Phi) is 5.55. The molecule has 0 saturated carbocycles. The third-order valence-corrected chi connectivity index (χ3v) is 4.09. The molecule has 0 saturated heterocycles. The number of alkyl halides is 3. The van der Waals surface area contributed by atoms with Gasteiger partial charge in [0.2, 0.25) is 12.7 Å². The first-order valence-electron chi connectivity index (χ1n) is 8.41. The van der Waals surface area contributed by atoms with E-state index in [9.17, 15) is 18.0 Å². The number of fused-ring (bicyclic) bond motifs is 1. The highest BCUT2D eigenvalue weighted by Crippen LogP contribution is 2.34. The van der Waals surface area contributed by atoms with Crippen molar-refractivity contribution in [1.29, 1.82) is 0 Å². The van der Waals surface area contributed by atoms with E-state index in [0.717, 1.165) is 11.6 Å². The average Bonchev–Trinajstić information content (AvgIpc) is 3.07. The summed E-state index contributed by atoms with van der Waals surface area (Å²) in [5.41, 5.74) is -0.147. The van der Waals surface area contributed by atoms with E-state index in [1.165, 1.54) is 18.2 Å². The average molecular weight is 380 g/mol. The third-order valence-electron chi connectivity index (χ3n) is 4.09. The van der Waals surface area contributed by atoms with Crippen LogP contribution in [0.25, 0.3) is 0 Å². The van der Waals surface area contributed by atoms with Crippen LogP contribution in [0.4, 0.5) is 18.9 Å². The van der Waals surface area contributed by atoms with Gasteiger partial charge in [0, 0.05) is 19.0 Å². The lowest BCUT2D eigenvalue weighted by Gasteiger charge is -2.16. The van der Waals surface area contributed by atoms with E-state index >= 15 is 0 Å². The third kappa shape index (κ3) is 4.91. The van der Waals surface area contributed by atoms with Crippen molar-refractivity contribution in [2.24, 2.45) is 0 Å². The first-order chi connectivity index (χ1) is 12.8. The predicted molar refractivity (Wildman–Crippen MR) is 93.6 cm³/mol. The second kappa shape index (κ2) is 7.87. The van der Waals surface area contributed by atoms with E-state index in [4.69, 9.17) is 9.47 Å². The highest BCUT2D eigenvalue weighted by Gasteiger charge is 2.33. The minimum atomic E-state index is -4.52. The molecule has 2 aromatic rings. The van der Waals surface area contributed by atoms with E-state index < -0.39 is 17.6 Å². The quantitative estimate of drug-likeness (QED) is 0.797. The van der Waals surface area contributed by atoms with Crippen LogP contribution in [-0.4, -0.2) is 18.7 Å². The fourth-order valence-electron chi connectivity index (χ4n) is 2.73. The molecular weight excluding hydrogens is 361 g/mol. The molecular formula is C19H19F3N2O3. The number of halogens is 3. The largest absolute Gasteiger partial charge is 0.454 e. The van der Waals surface area contributed by atoms with Crippen molar-refractivity contribution in [3.05, 3.63) is 53.6 Å². The maximum absolute atomic E-state index is 13.0. The highest BCUT2D eigenvalue weighted by molar-refractivity contribution is 5.92. The van der Waals surface area contributed by atoms with Crippen molar-refractivity contribution < 1.29 is 27.4 Å². The Balaban J connectivity index is 1.52. The molecule has 1 heterocycles. The van der Waals surface area contributed by atoms with E-state index in [0.29, 0.717) is 18.0 Å². The summed E-state index contributed by atoms with van der Waals surface area (Å²) < 4.78 is 49.5. The van der Waals surface area contributed by atoms with Gasteiger partial charge in [-0.25, -0.2) is 0 Å². The Labute approximate surface area is 154 Å². The van der Waals surface area contributed by atoms with Crippen LogP contribution in [0.2, 0.25) is 0 Å². The minimum absolute atomic E-state index is 0.0384. The summed E-state index contributed by atoms with van der Waals surface area (Å²) in [7, 11) is 0. The second-order valence-electron chi connectivity index (χ2n) is 6.27. The molecule has 1 aliphatic heterocycles. The maximum Gasteiger partial charge on any atom is 0.418 e. The smallest absolute Gasteiger partial charge is 0.418 e. The lowest BCUT2D eigenvalue weighted by molar-refractivity contribution is -0.137. The zero-order valence-electron chi connectivity index (χ0n) is 14.6. The molecule has 1 unspecified atom stereocenters. The van der Waals surface area contributed by atoms with Gasteiger partial charge in [0.25, 0.3) is 0 Å². The molecule has 0 fully saturated rings. The Morgan fingerprint density at radius 1 is 1.15 bits per heavy atom. The van der Waals surface area contributed by atoms with Crippen LogP contribution in [0.15, 0.2) is 42.5 Å². The van der Waals surface area contributed by atoms with Crippen LogP contribution in [0.3, 0.4) is 0 Å². The topological polar surface area (TPSA) is 59.6 Å². The number of hydrogen-bond donors (Lipinski definition) is 2. The van der Waals surface area contributed by atoms with Gasteiger partial charge in [0.1, 0.15) is 0 Å². The number of amides is 1. The van der Waals surface area contributed by atoms with Crippen LogP contribution in [0.5, 0.6) is 11.5 Å². The maximum atomic E-state index is 13.0. The van der Waals surface area contributed by atoms with Crippen molar-refractivity contribution in [3.63, 3.8) is 0 Å². The zero-order valence-corrected chi connectivity index (χ0v) is 14.6. The summed E-state index contributed by atoms with van der Waals surface area (Å²) in [6, 6.07) is 10.2. The fraction of sp³-hybridized carbons (Fsp3) is 0.316. The van der Waals surface area contributed by atoms with E-state index in [1.54, 1.807) is 6.92 Å². The summed E-state index contributed by atoms with van der Waals surface area (Å²) in [6.45, 7) is 2.48. The predicted octanol–water partition coefficient (Wildman–Crippen LogP) is 3.94. The molecule has 27 heavy (non-hydrogen) atoms. The number of ether oxygens (including phenoxy) is 2. The monoisotopic (exact) mass is 380 g/mol. The molecule has 0 aromatic heterocycles. The molecule has 144 valence electrons. The molecule has 0 radical (unpaired) electrons. The van der Waals surface area contributed by atoms with Gasteiger partial charge in [-0.3, -0.25) is 4.79 Å². The Morgan fingerprint density at radius 3 is 2.67 bits per heavy atom. The number of carbonyl (C=O) groups is 1. The van der Waals surface area contributed by atoms with Crippen molar-refractivity contribution in [1.82, 2.24) is 5.32 Å². The molecule has 0 bridgehead atoms. The number of carbonyl (C=O) groups excluding carboxylic acids is 1. The van der Waals surface area contributed by atoms with Gasteiger partial charge in [-0.2, -0.15) is 13.2 Å². The van der Waals surface area contributed by atoms with Gasteiger partial charge in [-0.1, -0.05) is 18.2 Å². The molecule has 2 N–H and O–H groups in total. The van der Waals surface area contributed by atoms with Crippen LogP contribution in [0.1, 0.15) is 24.5 Å². The summed E-state index contributed by atoms with van der Waals surface area (Å²) in [6.07, 6.45) is -4.48. The molecule has 0 aliphatic carbocycles. The fourth-order valence-corrected chi connectivity index (χ4v) is 2.73. The lowest BCUT2D eigenvalue weighted by Crippen LogP contribution is -2.30. The summed E-state index contributed by atoms with van der Waals surface area (Å²) in [5.74, 6) is 0.871. The number of benzene rings is 2. The Hall–Kier alpha value is -2.74. The first-order valence-corrected chi connectivity index (χ1v) is 8.41. The highest BCUT2D eigenvalue weighted by atomic mass is 19.4. The van der Waals surface area contributed by atoms with E-state index in [2.05, 4.69) is 10.6 Å². The number of nitrogens with one attached hydrogen (secondary N) is 2. The van der Waals surface area contributed by atoms with Crippen LogP contribution >= 0.6 is 0 Å². The Morgan fingerprint density at radius 2 is 1.89 bits per heavy atom. The van der Waals surface area contributed by atoms with Crippen molar-refractivity contribution >= 4 is 11.6 Å². The molecule has 2 aromatic carbocycles. The molecule has 1 aliphatic rings. The number of rotatable bonds is 6. The van der Waals surface area contributed by atoms with Crippen molar-refractivity contribution in [2.45, 2.75) is 32.1 Å². The number of hydrogen-bond acceptors (Lipinski definition) is 4. The van der Waals surface area contributed by atoms with Crippen LogP contribution in [0, 0.1) is 0 Å². The molecule has 1 amide bonds. The van der Waals surface area contributed by atoms with Gasteiger partial charge in [-0.05, 0) is 36.8 Å². The number of anilines is 1. The SMILES string of the molecule is CC(CC(=O)Nc1ccccc1C(F)(F)F)NCc1ccc2c(c1)OCO2. The lowest BCUT2D eigenvalue weighted by atomic mass is 10.1. The van der Waals surface area contributed by atoms with Crippen LogP contribution < -0.4 is 20.1 Å². The normalized spacial score (nSPS) is 14.1. The van der Waals surface area contributed by atoms with E-state index in [-0.39, 0.29) is 24.9 Å². The van der Waals surface area contributed by atoms with Crippen molar-refractivity contribution in [2.75, 3.05) is 12.1 Å². The van der Waals surface area contributed by atoms with Crippen LogP contribution in [-0.2, 0) is 17.5 Å². The van der Waals surface area contributed by atoms with Gasteiger partial charge < -0.3 is 20.1 Å². The molecule has 5 nitrogen and oxygen atoms in total. The number of para-hydroxylation sites is 1. The van der Waals surface area contributed by atoms with Gasteiger partial charge in [-0.15, -0.1) is 0 Å². The standard InChI is InChI=1S/C19H19F3N2O3/c1-12(23-10-13-6-7-16-17(9-13)27-11-26-16)8-18(25)24-15-5-3-2-4-14(15)19(20,21)22/h2-7,9,12,23H,8,10-11H2,1H3,(H,24,25). The van der Waals surface area contributed by atoms with E-state index in [1.807, 2.05) is 18.2 Å². The molecule has 1 atom stereocenters.